The number of likely N-dealkylation sites (N-methyl/N-ethyl adjacent to an activating group) is 1. The highest BCUT2D eigenvalue weighted by atomic mass is 16.6. The number of carbonyl (C=O) groups is 1. The first-order valence-electron chi connectivity index (χ1n) is 7.40. The van der Waals surface area contributed by atoms with Gasteiger partial charge in [0.1, 0.15) is 5.60 Å². The Morgan fingerprint density at radius 3 is 2.48 bits per heavy atom. The fourth-order valence-electron chi connectivity index (χ4n) is 1.77. The second-order valence-electron chi connectivity index (χ2n) is 6.22. The molecular formula is C16H24N4O3. The fourth-order valence-corrected chi connectivity index (χ4v) is 1.77. The Balaban J connectivity index is 2.71. The fraction of sp³-hybridized carbons (Fsp3) is 0.562. The third-order valence-corrected chi connectivity index (χ3v) is 3.13. The maximum Gasteiger partial charge on any atom is 0.410 e. The Morgan fingerprint density at radius 1 is 1.35 bits per heavy atom. The zero-order chi connectivity index (χ0) is 17.5. The van der Waals surface area contributed by atoms with Crippen molar-refractivity contribution in [3.8, 4) is 0 Å². The summed E-state index contributed by atoms with van der Waals surface area (Å²) >= 11 is 0. The summed E-state index contributed by atoms with van der Waals surface area (Å²) < 4.78 is 11.0. The Labute approximate surface area is 136 Å². The number of rotatable bonds is 6. The van der Waals surface area contributed by atoms with Gasteiger partial charge in [0.15, 0.2) is 6.23 Å². The molecule has 2 unspecified atom stereocenters. The Hall–Kier alpha value is -2.24. The van der Waals surface area contributed by atoms with Crippen molar-refractivity contribution in [3.05, 3.63) is 46.3 Å². The van der Waals surface area contributed by atoms with Gasteiger partial charge in [0, 0.05) is 12.0 Å². The van der Waals surface area contributed by atoms with E-state index < -0.39 is 24.0 Å². The van der Waals surface area contributed by atoms with Gasteiger partial charge in [0.25, 0.3) is 0 Å². The zero-order valence-electron chi connectivity index (χ0n) is 14.3. The van der Waals surface area contributed by atoms with Gasteiger partial charge < -0.3 is 14.4 Å². The number of nitrogens with zero attached hydrogens (tertiary/aromatic N) is 4. The Kier molecular flexibility index (Phi) is 6.88. The molecule has 1 aromatic carbocycles. The van der Waals surface area contributed by atoms with E-state index in [-0.39, 0.29) is 6.61 Å². The van der Waals surface area contributed by atoms with Crippen LogP contribution < -0.4 is 0 Å². The summed E-state index contributed by atoms with van der Waals surface area (Å²) in [5.41, 5.74) is 9.10. The second-order valence-corrected chi connectivity index (χ2v) is 6.22. The maximum absolute atomic E-state index is 12.1. The standard InChI is InChI=1S/C16H24N4O3/c1-12(20(5)15(21)23-16(2,3)4)14(18-19-17)22-11-13-9-7-6-8-10-13/h6-10,12,14H,11H2,1-5H3. The molecule has 23 heavy (non-hydrogen) atoms. The van der Waals surface area contributed by atoms with Crippen molar-refractivity contribution in [2.45, 2.75) is 52.2 Å². The highest BCUT2D eigenvalue weighted by Crippen LogP contribution is 2.15. The minimum atomic E-state index is -0.808. The molecule has 1 amide bonds. The number of ether oxygens (including phenoxy) is 2. The molecule has 0 spiro atoms. The molecule has 1 rings (SSSR count). The summed E-state index contributed by atoms with van der Waals surface area (Å²) in [5.74, 6) is 0. The van der Waals surface area contributed by atoms with E-state index in [0.29, 0.717) is 0 Å². The van der Waals surface area contributed by atoms with Gasteiger partial charge in [-0.05, 0) is 38.8 Å². The smallest absolute Gasteiger partial charge is 0.410 e. The molecule has 0 heterocycles. The van der Waals surface area contributed by atoms with Gasteiger partial charge in [0.05, 0.1) is 12.6 Å². The van der Waals surface area contributed by atoms with Crippen molar-refractivity contribution in [1.29, 1.82) is 0 Å². The van der Waals surface area contributed by atoms with Crippen LogP contribution in [0.2, 0.25) is 0 Å². The van der Waals surface area contributed by atoms with Crippen LogP contribution in [0.3, 0.4) is 0 Å². The van der Waals surface area contributed by atoms with Crippen molar-refractivity contribution in [3.63, 3.8) is 0 Å². The van der Waals surface area contributed by atoms with E-state index >= 15 is 0 Å². The molecule has 7 nitrogen and oxygen atoms in total. The summed E-state index contributed by atoms with van der Waals surface area (Å²) in [6.45, 7) is 7.41. The third kappa shape index (κ3) is 6.59. The van der Waals surface area contributed by atoms with Gasteiger partial charge in [-0.15, -0.1) is 0 Å². The summed E-state index contributed by atoms with van der Waals surface area (Å²) in [6, 6.07) is 9.07. The minimum absolute atomic E-state index is 0.289. The normalized spacial score (nSPS) is 13.6. The molecule has 2 atom stereocenters. The lowest BCUT2D eigenvalue weighted by atomic mass is 10.2. The molecule has 1 aromatic rings. The van der Waals surface area contributed by atoms with Crippen LogP contribution in [-0.2, 0) is 16.1 Å². The Morgan fingerprint density at radius 2 is 1.96 bits per heavy atom. The molecule has 0 aliphatic carbocycles. The van der Waals surface area contributed by atoms with Crippen LogP contribution in [0, 0.1) is 0 Å². The van der Waals surface area contributed by atoms with E-state index in [0.717, 1.165) is 5.56 Å². The van der Waals surface area contributed by atoms with Crippen LogP contribution in [0.4, 0.5) is 4.79 Å². The largest absolute Gasteiger partial charge is 0.444 e. The van der Waals surface area contributed by atoms with Gasteiger partial charge >= 0.3 is 6.09 Å². The lowest BCUT2D eigenvalue weighted by Crippen LogP contribution is -2.45. The second kappa shape index (κ2) is 8.41. The van der Waals surface area contributed by atoms with E-state index in [1.54, 1.807) is 34.7 Å². The van der Waals surface area contributed by atoms with Gasteiger partial charge in [-0.3, -0.25) is 0 Å². The minimum Gasteiger partial charge on any atom is -0.444 e. The molecule has 0 fully saturated rings. The van der Waals surface area contributed by atoms with Gasteiger partial charge in [0.2, 0.25) is 0 Å². The van der Waals surface area contributed by atoms with Crippen molar-refractivity contribution < 1.29 is 14.3 Å². The monoisotopic (exact) mass is 320 g/mol. The molecule has 126 valence electrons. The first-order chi connectivity index (χ1) is 10.7. The summed E-state index contributed by atoms with van der Waals surface area (Å²) in [4.78, 5) is 16.3. The number of carbonyl (C=O) groups excluding carboxylic acids is 1. The molecule has 7 heteroatoms. The molecule has 0 saturated heterocycles. The average Bonchev–Trinajstić information content (AvgIpc) is 2.49. The maximum atomic E-state index is 12.1. The number of benzene rings is 1. The topological polar surface area (TPSA) is 87.5 Å². The first kappa shape index (κ1) is 18.8. The van der Waals surface area contributed by atoms with Crippen LogP contribution >= 0.6 is 0 Å². The third-order valence-electron chi connectivity index (χ3n) is 3.13. The van der Waals surface area contributed by atoms with Crippen LogP contribution in [0.15, 0.2) is 35.4 Å². The van der Waals surface area contributed by atoms with Crippen molar-refractivity contribution in [2.24, 2.45) is 5.11 Å². The predicted molar refractivity (Wildman–Crippen MR) is 87.6 cm³/mol. The van der Waals surface area contributed by atoms with Crippen molar-refractivity contribution in [2.75, 3.05) is 7.05 Å². The number of hydrogen-bond acceptors (Lipinski definition) is 4. The Bertz CT molecular complexity index is 550. The number of amides is 1. The summed E-state index contributed by atoms with van der Waals surface area (Å²) in [5, 5.41) is 3.65. The van der Waals surface area contributed by atoms with Gasteiger partial charge in [-0.1, -0.05) is 35.4 Å². The summed E-state index contributed by atoms with van der Waals surface area (Å²) in [6.07, 6.45) is -1.30. The SMILES string of the molecule is CC(C(N=[N+]=[N-])OCc1ccccc1)N(C)C(=O)OC(C)(C)C. The van der Waals surface area contributed by atoms with E-state index in [4.69, 9.17) is 15.0 Å². The van der Waals surface area contributed by atoms with E-state index in [1.807, 2.05) is 30.3 Å². The predicted octanol–water partition coefficient (Wildman–Crippen LogP) is 4.10. The van der Waals surface area contributed by atoms with Crippen molar-refractivity contribution in [1.82, 2.24) is 4.90 Å². The molecule has 0 aliphatic heterocycles. The van der Waals surface area contributed by atoms with Gasteiger partial charge in [-0.2, -0.15) is 0 Å². The van der Waals surface area contributed by atoms with Gasteiger partial charge in [-0.25, -0.2) is 4.79 Å². The average molecular weight is 320 g/mol. The molecule has 0 aliphatic rings. The summed E-state index contributed by atoms with van der Waals surface area (Å²) in [7, 11) is 1.59. The molecule has 0 radical (unpaired) electrons. The highest BCUT2D eigenvalue weighted by Gasteiger charge is 2.28. The molecule has 0 saturated carbocycles. The van der Waals surface area contributed by atoms with E-state index in [2.05, 4.69) is 10.0 Å². The van der Waals surface area contributed by atoms with Crippen LogP contribution in [0.1, 0.15) is 33.3 Å². The van der Waals surface area contributed by atoms with E-state index in [9.17, 15) is 4.79 Å². The zero-order valence-corrected chi connectivity index (χ0v) is 14.3. The lowest BCUT2D eigenvalue weighted by molar-refractivity contribution is -0.0233. The number of azide groups is 1. The molecular weight excluding hydrogens is 296 g/mol. The van der Waals surface area contributed by atoms with E-state index in [1.165, 1.54) is 4.90 Å². The highest BCUT2D eigenvalue weighted by molar-refractivity contribution is 5.68. The number of hydrogen-bond donors (Lipinski definition) is 0. The molecule has 0 aromatic heterocycles. The van der Waals surface area contributed by atoms with Crippen molar-refractivity contribution >= 4 is 6.09 Å². The van der Waals surface area contributed by atoms with Crippen LogP contribution in [0.25, 0.3) is 10.4 Å². The quantitative estimate of drug-likeness (QED) is 0.449. The van der Waals surface area contributed by atoms with Crippen LogP contribution in [-0.4, -0.2) is 35.9 Å². The molecule has 0 bridgehead atoms. The van der Waals surface area contributed by atoms with Crippen LogP contribution in [0.5, 0.6) is 0 Å². The first-order valence-corrected chi connectivity index (χ1v) is 7.40. The molecule has 0 N–H and O–H groups in total. The lowest BCUT2D eigenvalue weighted by Gasteiger charge is -2.31.